The van der Waals surface area contributed by atoms with E-state index in [1.54, 1.807) is 18.3 Å². The second-order valence-corrected chi connectivity index (χ2v) is 7.24. The molecule has 1 N–H and O–H groups in total. The summed E-state index contributed by atoms with van der Waals surface area (Å²) in [6.45, 7) is 3.39. The van der Waals surface area contributed by atoms with Crippen molar-refractivity contribution in [2.75, 3.05) is 40.8 Å². The first kappa shape index (κ1) is 23.0. The molecule has 0 unspecified atom stereocenters. The lowest BCUT2D eigenvalue weighted by molar-refractivity contribution is -0.192. The first-order valence-electron chi connectivity index (χ1n) is 9.10. The fourth-order valence-electron chi connectivity index (χ4n) is 3.77. The number of carboxylic acids is 1. The Bertz CT molecular complexity index is 681. The Labute approximate surface area is 166 Å². The monoisotopic (exact) mass is 421 g/mol. The SMILES string of the molecule is CO[C@@H]1CCN(C(=O)N(C)C)[C@@H]2CN(Cc3ccco3)C[C@@H]21.O=C(O)C(F)(F)F. The van der Waals surface area contributed by atoms with E-state index in [0.717, 1.165) is 38.4 Å². The van der Waals surface area contributed by atoms with Crippen LogP contribution in [0.15, 0.2) is 22.8 Å². The van der Waals surface area contributed by atoms with Crippen molar-refractivity contribution < 1.29 is 37.0 Å². The van der Waals surface area contributed by atoms with Gasteiger partial charge in [-0.3, -0.25) is 4.90 Å². The van der Waals surface area contributed by atoms with Gasteiger partial charge < -0.3 is 24.1 Å². The zero-order valence-corrected chi connectivity index (χ0v) is 16.6. The Kier molecular flexibility index (Phi) is 7.53. The molecule has 2 amide bonds. The van der Waals surface area contributed by atoms with Gasteiger partial charge in [0.05, 0.1) is 25.0 Å². The molecule has 164 valence electrons. The van der Waals surface area contributed by atoms with Gasteiger partial charge in [-0.05, 0) is 18.6 Å². The van der Waals surface area contributed by atoms with Crippen LogP contribution < -0.4 is 0 Å². The molecule has 8 nitrogen and oxygen atoms in total. The number of alkyl halides is 3. The molecule has 0 bridgehead atoms. The molecule has 2 aliphatic heterocycles. The number of likely N-dealkylation sites (tertiary alicyclic amines) is 2. The maximum Gasteiger partial charge on any atom is 0.490 e. The van der Waals surface area contributed by atoms with Crippen LogP contribution in [0, 0.1) is 5.92 Å². The van der Waals surface area contributed by atoms with Crippen molar-refractivity contribution in [3.05, 3.63) is 24.2 Å². The highest BCUT2D eigenvalue weighted by molar-refractivity contribution is 5.74. The van der Waals surface area contributed by atoms with Crippen molar-refractivity contribution in [2.24, 2.45) is 5.92 Å². The molecule has 2 aliphatic rings. The normalized spacial score (nSPS) is 24.5. The topological polar surface area (TPSA) is 86.5 Å². The number of carbonyl (C=O) groups excluding carboxylic acids is 1. The van der Waals surface area contributed by atoms with E-state index in [4.69, 9.17) is 19.1 Å². The minimum atomic E-state index is -5.08. The number of methoxy groups -OCH3 is 1. The van der Waals surface area contributed by atoms with Crippen LogP contribution in [0.1, 0.15) is 12.2 Å². The lowest BCUT2D eigenvalue weighted by Gasteiger charge is -2.42. The maximum atomic E-state index is 12.4. The first-order valence-corrected chi connectivity index (χ1v) is 9.10. The molecule has 2 saturated heterocycles. The number of carbonyl (C=O) groups is 2. The molecule has 0 radical (unpaired) electrons. The molecule has 11 heteroatoms. The summed E-state index contributed by atoms with van der Waals surface area (Å²) in [6.07, 6.45) is -2.23. The highest BCUT2D eigenvalue weighted by Crippen LogP contribution is 2.33. The van der Waals surface area contributed by atoms with E-state index in [9.17, 15) is 18.0 Å². The number of amides is 2. The highest BCUT2D eigenvalue weighted by atomic mass is 19.4. The number of rotatable bonds is 3. The van der Waals surface area contributed by atoms with E-state index in [1.807, 2.05) is 31.1 Å². The van der Waals surface area contributed by atoms with E-state index in [0.29, 0.717) is 5.92 Å². The number of fused-ring (bicyclic) bond motifs is 1. The lowest BCUT2D eigenvalue weighted by Crippen LogP contribution is -2.55. The molecule has 0 aromatic carbocycles. The Hall–Kier alpha value is -2.27. The third kappa shape index (κ3) is 5.86. The van der Waals surface area contributed by atoms with Gasteiger partial charge >= 0.3 is 18.2 Å². The van der Waals surface area contributed by atoms with Crippen molar-refractivity contribution >= 4 is 12.0 Å². The molecule has 0 saturated carbocycles. The maximum absolute atomic E-state index is 12.4. The fourth-order valence-corrected chi connectivity index (χ4v) is 3.77. The molecule has 0 spiro atoms. The van der Waals surface area contributed by atoms with Crippen molar-refractivity contribution in [2.45, 2.75) is 31.3 Å². The van der Waals surface area contributed by atoms with Crippen LogP contribution in [0.5, 0.6) is 0 Å². The third-order valence-corrected chi connectivity index (χ3v) is 5.07. The summed E-state index contributed by atoms with van der Waals surface area (Å²) in [5.74, 6) is -1.41. The first-order chi connectivity index (χ1) is 13.5. The van der Waals surface area contributed by atoms with Gasteiger partial charge in [-0.2, -0.15) is 13.2 Å². The standard InChI is InChI=1S/C16H25N3O3.C2HF3O2/c1-17(2)16(20)19-7-6-15(21-3)13-10-18(11-14(13)19)9-12-5-4-8-22-12;3-2(4,5)1(6)7/h4-5,8,13-15H,6-7,9-11H2,1-3H3;(H,6,7)/t13-,14+,15+;/m0./s1. The number of halogens is 3. The van der Waals surface area contributed by atoms with Gasteiger partial charge in [0, 0.05) is 46.8 Å². The van der Waals surface area contributed by atoms with Crippen LogP contribution in [0.25, 0.3) is 0 Å². The second-order valence-electron chi connectivity index (χ2n) is 7.24. The summed E-state index contributed by atoms with van der Waals surface area (Å²) in [6, 6.07) is 4.24. The molecule has 3 rings (SSSR count). The Morgan fingerprint density at radius 1 is 1.34 bits per heavy atom. The van der Waals surface area contributed by atoms with Gasteiger partial charge in [-0.1, -0.05) is 0 Å². The van der Waals surface area contributed by atoms with Crippen molar-refractivity contribution in [1.82, 2.24) is 14.7 Å². The molecule has 1 aromatic heterocycles. The molecular weight excluding hydrogens is 395 g/mol. The molecule has 3 heterocycles. The van der Waals surface area contributed by atoms with Crippen molar-refractivity contribution in [1.29, 1.82) is 0 Å². The summed E-state index contributed by atoms with van der Waals surface area (Å²) in [5.41, 5.74) is 0. The minimum absolute atomic E-state index is 0.101. The summed E-state index contributed by atoms with van der Waals surface area (Å²) in [4.78, 5) is 27.4. The number of hydrogen-bond acceptors (Lipinski definition) is 5. The fraction of sp³-hybridized carbons (Fsp3) is 0.667. The third-order valence-electron chi connectivity index (χ3n) is 5.07. The van der Waals surface area contributed by atoms with Crippen LogP contribution in [0.4, 0.5) is 18.0 Å². The molecule has 2 fully saturated rings. The quantitative estimate of drug-likeness (QED) is 0.805. The van der Waals surface area contributed by atoms with Gasteiger partial charge in [0.2, 0.25) is 0 Å². The van der Waals surface area contributed by atoms with Crippen LogP contribution in [-0.4, -0.2) is 91.0 Å². The van der Waals surface area contributed by atoms with E-state index >= 15 is 0 Å². The Morgan fingerprint density at radius 3 is 2.48 bits per heavy atom. The zero-order valence-electron chi connectivity index (χ0n) is 16.6. The number of hydrogen-bond donors (Lipinski definition) is 1. The second kappa shape index (κ2) is 9.49. The van der Waals surface area contributed by atoms with Crippen LogP contribution in [0.2, 0.25) is 0 Å². The number of ether oxygens (including phenoxy) is 1. The van der Waals surface area contributed by atoms with Gasteiger partial charge in [-0.25, -0.2) is 9.59 Å². The number of piperidine rings is 1. The number of carboxylic acid groups (broad SMARTS) is 1. The van der Waals surface area contributed by atoms with E-state index in [-0.39, 0.29) is 18.2 Å². The number of nitrogens with zero attached hydrogens (tertiary/aromatic N) is 3. The highest BCUT2D eigenvalue weighted by Gasteiger charge is 2.46. The largest absolute Gasteiger partial charge is 0.490 e. The average molecular weight is 421 g/mol. The van der Waals surface area contributed by atoms with E-state index < -0.39 is 12.1 Å². The predicted molar refractivity (Wildman–Crippen MR) is 96.2 cm³/mol. The smallest absolute Gasteiger partial charge is 0.475 e. The van der Waals surface area contributed by atoms with Crippen LogP contribution in [-0.2, 0) is 16.1 Å². The van der Waals surface area contributed by atoms with E-state index in [2.05, 4.69) is 4.90 Å². The molecule has 3 atom stereocenters. The van der Waals surface area contributed by atoms with Gasteiger partial charge in [0.25, 0.3) is 0 Å². The number of urea groups is 1. The minimum Gasteiger partial charge on any atom is -0.475 e. The zero-order chi connectivity index (χ0) is 21.8. The molecular formula is C18H26F3N3O5. The molecule has 1 aromatic rings. The summed E-state index contributed by atoms with van der Waals surface area (Å²) in [7, 11) is 5.41. The summed E-state index contributed by atoms with van der Waals surface area (Å²) in [5, 5.41) is 7.12. The van der Waals surface area contributed by atoms with Crippen molar-refractivity contribution in [3.63, 3.8) is 0 Å². The molecule has 29 heavy (non-hydrogen) atoms. The average Bonchev–Trinajstić information content (AvgIpc) is 3.29. The van der Waals surface area contributed by atoms with Crippen LogP contribution in [0.3, 0.4) is 0 Å². The Morgan fingerprint density at radius 2 is 2.00 bits per heavy atom. The Balaban J connectivity index is 0.000000370. The molecule has 0 aliphatic carbocycles. The van der Waals surface area contributed by atoms with E-state index in [1.165, 1.54) is 0 Å². The predicted octanol–water partition coefficient (Wildman–Crippen LogP) is 2.12. The summed E-state index contributed by atoms with van der Waals surface area (Å²) < 4.78 is 42.9. The van der Waals surface area contributed by atoms with Crippen molar-refractivity contribution in [3.8, 4) is 0 Å². The van der Waals surface area contributed by atoms with Gasteiger partial charge in [-0.15, -0.1) is 0 Å². The number of furan rings is 1. The van der Waals surface area contributed by atoms with Crippen LogP contribution >= 0.6 is 0 Å². The lowest BCUT2D eigenvalue weighted by atomic mass is 9.89. The number of aliphatic carboxylic acids is 1. The summed E-state index contributed by atoms with van der Waals surface area (Å²) >= 11 is 0. The van der Waals surface area contributed by atoms with Gasteiger partial charge in [0.1, 0.15) is 5.76 Å². The van der Waals surface area contributed by atoms with Gasteiger partial charge in [0.15, 0.2) is 0 Å².